The first-order valence-corrected chi connectivity index (χ1v) is 9.08. The van der Waals surface area contributed by atoms with Crippen LogP contribution in [0.25, 0.3) is 0 Å². The van der Waals surface area contributed by atoms with Crippen LogP contribution in [0, 0.1) is 0 Å². The number of carbonyl (C=O) groups excluding carboxylic acids is 1. The quantitative estimate of drug-likeness (QED) is 0.489. The number of amides is 1. The average Bonchev–Trinajstić information content (AvgIpc) is 2.63. The van der Waals surface area contributed by atoms with Gasteiger partial charge < -0.3 is 10.6 Å². The van der Waals surface area contributed by atoms with Gasteiger partial charge in [-0.3, -0.25) is 10.2 Å². The molecule has 1 amide bonds. The number of aromatic nitrogens is 3. The maximum Gasteiger partial charge on any atom is 0.262 e. The maximum absolute atomic E-state index is 12.3. The summed E-state index contributed by atoms with van der Waals surface area (Å²) in [5.74, 6) is 0.782. The molecular weight excluding hydrogens is 377 g/mol. The Morgan fingerprint density at radius 1 is 1.04 bits per heavy atom. The molecule has 0 aliphatic carbocycles. The van der Waals surface area contributed by atoms with Crippen molar-refractivity contribution in [2.75, 3.05) is 29.1 Å². The number of alkyl halides is 1. The molecule has 3 rings (SSSR count). The lowest BCUT2D eigenvalue weighted by atomic mass is 9.95. The lowest BCUT2D eigenvalue weighted by Gasteiger charge is -2.44. The molecule has 1 fully saturated rings. The molecule has 1 aliphatic heterocycles. The van der Waals surface area contributed by atoms with E-state index in [1.165, 1.54) is 5.01 Å². The molecule has 8 nitrogen and oxygen atoms in total. The normalized spacial score (nSPS) is 19.1. The Bertz CT molecular complexity index is 780. The number of benzene rings is 1. The Labute approximate surface area is 161 Å². The number of hydrogen-bond donors (Lipinski definition) is 3. The predicted molar refractivity (Wildman–Crippen MR) is 102 cm³/mol. The van der Waals surface area contributed by atoms with Crippen LogP contribution in [0.4, 0.5) is 17.8 Å². The third-order valence-corrected chi connectivity index (χ3v) is 4.55. The number of halogens is 2. The van der Waals surface area contributed by atoms with Crippen molar-refractivity contribution < 1.29 is 4.79 Å². The third kappa shape index (κ3) is 3.61. The first-order valence-electron chi connectivity index (χ1n) is 8.27. The summed E-state index contributed by atoms with van der Waals surface area (Å²) in [5, 5.41) is 7.30. The van der Waals surface area contributed by atoms with Gasteiger partial charge in [0.2, 0.25) is 17.8 Å². The molecule has 2 heterocycles. The molecule has 0 saturated carbocycles. The fourth-order valence-corrected chi connectivity index (χ4v) is 3.20. The van der Waals surface area contributed by atoms with Crippen LogP contribution in [0.15, 0.2) is 24.3 Å². The van der Waals surface area contributed by atoms with Crippen molar-refractivity contribution in [1.29, 1.82) is 0 Å². The number of β-lactam (4-membered cyclic amide) rings is 1. The second kappa shape index (κ2) is 7.92. The zero-order chi connectivity index (χ0) is 18.7. The van der Waals surface area contributed by atoms with Crippen LogP contribution in [0.3, 0.4) is 0 Å². The van der Waals surface area contributed by atoms with Gasteiger partial charge >= 0.3 is 0 Å². The number of nitrogens with one attached hydrogen (secondary N) is 3. The fourth-order valence-electron chi connectivity index (χ4n) is 2.60. The SMILES string of the molecule is CCNc1nc(NCC)nc(NN2C(=O)C(Cl)C2c2ccccc2Cl)n1. The van der Waals surface area contributed by atoms with Crippen LogP contribution in [0.5, 0.6) is 0 Å². The van der Waals surface area contributed by atoms with E-state index in [9.17, 15) is 4.79 Å². The number of nitrogens with zero attached hydrogens (tertiary/aromatic N) is 4. The monoisotopic (exact) mass is 395 g/mol. The Morgan fingerprint density at radius 2 is 1.62 bits per heavy atom. The van der Waals surface area contributed by atoms with E-state index >= 15 is 0 Å². The first-order chi connectivity index (χ1) is 12.5. The van der Waals surface area contributed by atoms with Crippen molar-refractivity contribution in [2.45, 2.75) is 25.3 Å². The highest BCUT2D eigenvalue weighted by atomic mass is 35.5. The van der Waals surface area contributed by atoms with Gasteiger partial charge in [0, 0.05) is 18.1 Å². The zero-order valence-electron chi connectivity index (χ0n) is 14.3. The Morgan fingerprint density at radius 3 is 2.19 bits per heavy atom. The summed E-state index contributed by atoms with van der Waals surface area (Å²) in [6.07, 6.45) is 0. The van der Waals surface area contributed by atoms with Crippen molar-refractivity contribution in [3.05, 3.63) is 34.9 Å². The zero-order valence-corrected chi connectivity index (χ0v) is 15.8. The van der Waals surface area contributed by atoms with Gasteiger partial charge in [-0.25, -0.2) is 5.01 Å². The van der Waals surface area contributed by atoms with Crippen molar-refractivity contribution >= 4 is 47.0 Å². The van der Waals surface area contributed by atoms with Gasteiger partial charge in [-0.05, 0) is 25.5 Å². The van der Waals surface area contributed by atoms with Gasteiger partial charge in [0.05, 0.1) is 0 Å². The van der Waals surface area contributed by atoms with Crippen molar-refractivity contribution in [3.8, 4) is 0 Å². The molecule has 1 aromatic carbocycles. The highest BCUT2D eigenvalue weighted by Gasteiger charge is 2.48. The van der Waals surface area contributed by atoms with Crippen LogP contribution in [0.2, 0.25) is 5.02 Å². The van der Waals surface area contributed by atoms with Crippen molar-refractivity contribution in [2.24, 2.45) is 0 Å². The Kier molecular flexibility index (Phi) is 5.63. The molecule has 0 spiro atoms. The molecule has 2 aromatic rings. The highest BCUT2D eigenvalue weighted by Crippen LogP contribution is 2.41. The molecule has 2 atom stereocenters. The molecule has 2 unspecified atom stereocenters. The van der Waals surface area contributed by atoms with E-state index in [2.05, 4.69) is 31.0 Å². The summed E-state index contributed by atoms with van der Waals surface area (Å²) in [5.41, 5.74) is 3.69. The summed E-state index contributed by atoms with van der Waals surface area (Å²) in [6, 6.07) is 6.85. The molecule has 0 bridgehead atoms. The van der Waals surface area contributed by atoms with Crippen LogP contribution in [0.1, 0.15) is 25.5 Å². The van der Waals surface area contributed by atoms with Crippen LogP contribution in [-0.2, 0) is 4.79 Å². The van der Waals surface area contributed by atoms with E-state index in [-0.39, 0.29) is 11.9 Å². The Hall–Kier alpha value is -2.32. The Balaban J connectivity index is 1.87. The van der Waals surface area contributed by atoms with E-state index < -0.39 is 11.4 Å². The average molecular weight is 396 g/mol. The highest BCUT2D eigenvalue weighted by molar-refractivity contribution is 6.35. The summed E-state index contributed by atoms with van der Waals surface area (Å²) in [4.78, 5) is 25.1. The molecule has 1 aliphatic rings. The number of rotatable bonds is 7. The minimum atomic E-state index is -0.703. The lowest BCUT2D eigenvalue weighted by Crippen LogP contribution is -2.58. The summed E-state index contributed by atoms with van der Waals surface area (Å²) in [7, 11) is 0. The molecule has 3 N–H and O–H groups in total. The van der Waals surface area contributed by atoms with Gasteiger partial charge in [-0.1, -0.05) is 29.8 Å². The van der Waals surface area contributed by atoms with Crippen LogP contribution < -0.4 is 16.1 Å². The molecule has 10 heteroatoms. The van der Waals surface area contributed by atoms with E-state index in [1.807, 2.05) is 32.0 Å². The maximum atomic E-state index is 12.3. The minimum absolute atomic E-state index is 0.237. The standard InChI is InChI=1S/C16H19Cl2N7O/c1-3-19-14-21-15(20-4-2)23-16(22-14)24-25-12(11(18)13(25)26)9-7-5-6-8-10(9)17/h5-8,11-12H,3-4H2,1-2H3,(H3,19,20,21,22,23,24). The van der Waals surface area contributed by atoms with Crippen molar-refractivity contribution in [1.82, 2.24) is 20.0 Å². The van der Waals surface area contributed by atoms with E-state index in [0.717, 1.165) is 5.56 Å². The van der Waals surface area contributed by atoms with Gasteiger partial charge in [0.15, 0.2) is 0 Å². The second-order valence-electron chi connectivity index (χ2n) is 5.56. The molecular formula is C16H19Cl2N7O. The molecule has 138 valence electrons. The van der Waals surface area contributed by atoms with Gasteiger partial charge in [-0.15, -0.1) is 11.6 Å². The number of hydrogen-bond acceptors (Lipinski definition) is 7. The predicted octanol–water partition coefficient (Wildman–Crippen LogP) is 2.91. The van der Waals surface area contributed by atoms with E-state index in [1.54, 1.807) is 6.07 Å². The number of hydrazine groups is 1. The first kappa shape index (κ1) is 18.5. The second-order valence-corrected chi connectivity index (χ2v) is 6.43. The fraction of sp³-hybridized carbons (Fsp3) is 0.375. The minimum Gasteiger partial charge on any atom is -0.354 e. The smallest absolute Gasteiger partial charge is 0.262 e. The molecule has 26 heavy (non-hydrogen) atoms. The summed E-state index contributed by atoms with van der Waals surface area (Å²) >= 11 is 12.5. The molecule has 1 aromatic heterocycles. The number of anilines is 3. The van der Waals surface area contributed by atoms with Crippen LogP contribution >= 0.6 is 23.2 Å². The summed E-state index contributed by atoms with van der Waals surface area (Å²) < 4.78 is 0. The lowest BCUT2D eigenvalue weighted by molar-refractivity contribution is -0.143. The molecule has 0 radical (unpaired) electrons. The molecule has 1 saturated heterocycles. The van der Waals surface area contributed by atoms with Gasteiger partial charge in [0.25, 0.3) is 5.91 Å². The van der Waals surface area contributed by atoms with Gasteiger partial charge in [-0.2, -0.15) is 15.0 Å². The van der Waals surface area contributed by atoms with E-state index in [4.69, 9.17) is 23.2 Å². The topological polar surface area (TPSA) is 95.1 Å². The van der Waals surface area contributed by atoms with E-state index in [0.29, 0.717) is 30.0 Å². The number of carbonyl (C=O) groups is 1. The largest absolute Gasteiger partial charge is 0.354 e. The van der Waals surface area contributed by atoms with Gasteiger partial charge in [0.1, 0.15) is 11.4 Å². The summed E-state index contributed by atoms with van der Waals surface area (Å²) in [6.45, 7) is 5.19. The third-order valence-electron chi connectivity index (χ3n) is 3.78. The van der Waals surface area contributed by atoms with Crippen LogP contribution in [-0.4, -0.2) is 44.3 Å². The van der Waals surface area contributed by atoms with Crippen molar-refractivity contribution in [3.63, 3.8) is 0 Å².